The molecule has 8 nitrogen and oxygen atoms in total. The highest BCUT2D eigenvalue weighted by molar-refractivity contribution is 7.89. The van der Waals surface area contributed by atoms with Crippen molar-refractivity contribution in [1.29, 1.82) is 0 Å². The topological polar surface area (TPSA) is 106 Å². The zero-order valence-electron chi connectivity index (χ0n) is 13.9. The molecule has 1 fully saturated rings. The number of anilines is 1. The number of nitrogens with zero attached hydrogens (tertiary/aromatic N) is 3. The molecule has 4 rings (SSSR count). The van der Waals surface area contributed by atoms with Crippen LogP contribution < -0.4 is 10.8 Å². The Labute approximate surface area is 150 Å². The molecule has 1 aromatic heterocycles. The van der Waals surface area contributed by atoms with Gasteiger partial charge < -0.3 is 15.0 Å². The lowest BCUT2D eigenvalue weighted by Gasteiger charge is -2.42. The predicted molar refractivity (Wildman–Crippen MR) is 94.4 cm³/mol. The van der Waals surface area contributed by atoms with E-state index in [1.807, 2.05) is 6.07 Å². The number of hydrogen-bond donors (Lipinski definition) is 1. The van der Waals surface area contributed by atoms with Crippen LogP contribution in [0.3, 0.4) is 0 Å². The van der Waals surface area contributed by atoms with Gasteiger partial charge in [0, 0.05) is 37.3 Å². The lowest BCUT2D eigenvalue weighted by molar-refractivity contribution is 0.186. The summed E-state index contributed by atoms with van der Waals surface area (Å²) >= 11 is 0. The van der Waals surface area contributed by atoms with Crippen molar-refractivity contribution >= 4 is 15.7 Å². The van der Waals surface area contributed by atoms with E-state index in [1.165, 1.54) is 28.6 Å². The van der Waals surface area contributed by atoms with Crippen molar-refractivity contribution in [2.45, 2.75) is 23.8 Å². The van der Waals surface area contributed by atoms with Gasteiger partial charge in [0.25, 0.3) is 5.56 Å². The summed E-state index contributed by atoms with van der Waals surface area (Å²) in [6, 6.07) is 10.4. The monoisotopic (exact) mass is 376 g/mol. The fourth-order valence-electron chi connectivity index (χ4n) is 3.96. The van der Waals surface area contributed by atoms with E-state index in [0.717, 1.165) is 18.2 Å². The molecule has 1 saturated heterocycles. The molecule has 0 unspecified atom stereocenters. The summed E-state index contributed by atoms with van der Waals surface area (Å²) in [6.07, 6.45) is 0.848. The maximum absolute atomic E-state index is 13.0. The van der Waals surface area contributed by atoms with Crippen molar-refractivity contribution in [3.63, 3.8) is 0 Å². The number of benzene rings is 1. The quantitative estimate of drug-likeness (QED) is 0.811. The lowest BCUT2D eigenvalue weighted by Crippen LogP contribution is -2.49. The number of sulfonamides is 1. The third-order valence-corrected chi connectivity index (χ3v) is 6.95. The molecular formula is C17H18N3O5S-. The molecular weight excluding hydrogens is 358 g/mol. The van der Waals surface area contributed by atoms with E-state index in [2.05, 4.69) is 0 Å². The number of fused-ring (bicyclic) bond motifs is 4. The number of rotatable bonds is 3. The van der Waals surface area contributed by atoms with Gasteiger partial charge in [0.05, 0.1) is 10.6 Å². The minimum Gasteiger partial charge on any atom is -0.733 e. The van der Waals surface area contributed by atoms with Crippen molar-refractivity contribution in [3.05, 3.63) is 63.7 Å². The van der Waals surface area contributed by atoms with Gasteiger partial charge >= 0.3 is 0 Å². The second kappa shape index (κ2) is 6.20. The highest BCUT2D eigenvalue weighted by Gasteiger charge is 2.39. The van der Waals surface area contributed by atoms with Gasteiger partial charge in [-0.3, -0.25) is 10.0 Å². The zero-order valence-corrected chi connectivity index (χ0v) is 14.7. The summed E-state index contributed by atoms with van der Waals surface area (Å²) in [5.74, 6) is 0.0244. The van der Waals surface area contributed by atoms with E-state index in [-0.39, 0.29) is 39.7 Å². The molecule has 9 heteroatoms. The molecule has 0 amide bonds. The summed E-state index contributed by atoms with van der Waals surface area (Å²) < 4.78 is 29.2. The van der Waals surface area contributed by atoms with Crippen molar-refractivity contribution in [3.8, 4) is 0 Å². The van der Waals surface area contributed by atoms with Crippen molar-refractivity contribution in [2.24, 2.45) is 5.92 Å². The van der Waals surface area contributed by atoms with Gasteiger partial charge in [-0.2, -0.15) is 4.31 Å². The molecule has 2 bridgehead atoms. The Morgan fingerprint density at radius 1 is 1.12 bits per heavy atom. The van der Waals surface area contributed by atoms with Gasteiger partial charge in [-0.05, 0) is 36.6 Å². The highest BCUT2D eigenvalue weighted by Crippen LogP contribution is 2.37. The molecule has 0 spiro atoms. The van der Waals surface area contributed by atoms with Crippen LogP contribution in [0.5, 0.6) is 0 Å². The number of hydrogen-bond acceptors (Lipinski definition) is 6. The Balaban J connectivity index is 1.68. The molecule has 0 saturated carbocycles. The Kier molecular flexibility index (Phi) is 4.11. The Bertz CT molecular complexity index is 1000. The van der Waals surface area contributed by atoms with E-state index in [4.69, 9.17) is 5.21 Å². The molecule has 26 heavy (non-hydrogen) atoms. The van der Waals surface area contributed by atoms with E-state index >= 15 is 0 Å². The first-order valence-electron chi connectivity index (χ1n) is 8.32. The number of pyridine rings is 1. The molecule has 3 heterocycles. The molecule has 2 aliphatic heterocycles. The second-order valence-corrected chi connectivity index (χ2v) is 8.73. The Morgan fingerprint density at radius 2 is 1.88 bits per heavy atom. The number of piperidine rings is 1. The molecule has 2 aliphatic rings. The smallest absolute Gasteiger partial charge is 0.250 e. The van der Waals surface area contributed by atoms with Gasteiger partial charge in [0.1, 0.15) is 0 Å². The summed E-state index contributed by atoms with van der Waals surface area (Å²) in [5, 5.41) is 19.7. The molecule has 138 valence electrons. The van der Waals surface area contributed by atoms with Gasteiger partial charge in [0.2, 0.25) is 10.0 Å². The average Bonchev–Trinajstić information content (AvgIpc) is 2.62. The van der Waals surface area contributed by atoms with Crippen LogP contribution in [0.2, 0.25) is 0 Å². The van der Waals surface area contributed by atoms with E-state index in [0.29, 0.717) is 13.1 Å². The first kappa shape index (κ1) is 17.2. The summed E-state index contributed by atoms with van der Waals surface area (Å²) in [6.45, 7) is 1.11. The van der Waals surface area contributed by atoms with Crippen LogP contribution in [0.25, 0.3) is 0 Å². The van der Waals surface area contributed by atoms with Crippen molar-refractivity contribution in [1.82, 2.24) is 8.87 Å². The SMILES string of the molecule is O=c1cccc2n1C[C@@H]1C[C@H]2CN(S(=O)(=O)c2cccc(N([O-])O)c2)C1. The third kappa shape index (κ3) is 2.82. The van der Waals surface area contributed by atoms with Gasteiger partial charge in [0.15, 0.2) is 0 Å². The number of aromatic nitrogens is 1. The standard InChI is InChI=1S/C17H18N3O5S/c21-17-6-2-5-16-13-7-12(10-19(16)17)9-18(11-13)26(24,25)15-4-1-3-14(8-15)20(22)23/h1-6,8,12-13,22H,7,9-11H2/q-1/t12-,13+/m1/s1. The third-order valence-electron chi connectivity index (χ3n) is 5.12. The van der Waals surface area contributed by atoms with Crippen LogP contribution in [0.4, 0.5) is 5.69 Å². The van der Waals surface area contributed by atoms with Crippen LogP contribution in [0.15, 0.2) is 52.2 Å². The molecule has 1 aromatic carbocycles. The molecule has 0 radical (unpaired) electrons. The van der Waals surface area contributed by atoms with E-state index in [9.17, 15) is 18.4 Å². The summed E-state index contributed by atoms with van der Waals surface area (Å²) in [7, 11) is -3.80. The van der Waals surface area contributed by atoms with Crippen molar-refractivity contribution < 1.29 is 13.6 Å². The van der Waals surface area contributed by atoms with Crippen LogP contribution in [-0.4, -0.2) is 35.6 Å². The second-order valence-electron chi connectivity index (χ2n) is 6.79. The largest absolute Gasteiger partial charge is 0.733 e. The maximum atomic E-state index is 13.0. The summed E-state index contributed by atoms with van der Waals surface area (Å²) in [5.41, 5.74) is 0.670. The van der Waals surface area contributed by atoms with Crippen LogP contribution >= 0.6 is 0 Å². The minimum atomic E-state index is -3.80. The lowest BCUT2D eigenvalue weighted by atomic mass is 9.84. The van der Waals surface area contributed by atoms with E-state index < -0.39 is 10.0 Å². The minimum absolute atomic E-state index is 0.0321. The molecule has 1 N–H and O–H groups in total. The zero-order chi connectivity index (χ0) is 18.5. The van der Waals surface area contributed by atoms with E-state index in [1.54, 1.807) is 10.6 Å². The predicted octanol–water partition coefficient (Wildman–Crippen LogP) is 1.35. The van der Waals surface area contributed by atoms with Crippen molar-refractivity contribution in [2.75, 3.05) is 18.3 Å². The van der Waals surface area contributed by atoms with Crippen LogP contribution in [-0.2, 0) is 16.6 Å². The van der Waals surface area contributed by atoms with Crippen LogP contribution in [0.1, 0.15) is 18.0 Å². The molecule has 2 aromatic rings. The first-order valence-corrected chi connectivity index (χ1v) is 9.76. The van der Waals surface area contributed by atoms with Gasteiger partial charge in [-0.15, -0.1) is 0 Å². The van der Waals surface area contributed by atoms with Gasteiger partial charge in [-0.1, -0.05) is 12.1 Å². The molecule has 2 atom stereocenters. The Morgan fingerprint density at radius 3 is 2.65 bits per heavy atom. The highest BCUT2D eigenvalue weighted by atomic mass is 32.2. The summed E-state index contributed by atoms with van der Waals surface area (Å²) in [4.78, 5) is 12.0. The van der Waals surface area contributed by atoms with Gasteiger partial charge in [-0.25, -0.2) is 8.42 Å². The maximum Gasteiger partial charge on any atom is 0.250 e. The fraction of sp³-hybridized carbons (Fsp3) is 0.353. The normalized spacial score (nSPS) is 22.7. The molecule has 0 aliphatic carbocycles. The fourth-order valence-corrected chi connectivity index (χ4v) is 5.56. The Hall–Kier alpha value is -2.20. The first-order chi connectivity index (χ1) is 12.4. The average molecular weight is 376 g/mol. The van der Waals surface area contributed by atoms with Crippen LogP contribution in [0, 0.1) is 11.1 Å².